The molecule has 158 valence electrons. The summed E-state index contributed by atoms with van der Waals surface area (Å²) in [5.41, 5.74) is 6.27. The van der Waals surface area contributed by atoms with E-state index in [9.17, 15) is 9.90 Å². The molecule has 5 rings (SSSR count). The Morgan fingerprint density at radius 3 is 2.40 bits per heavy atom. The van der Waals surface area contributed by atoms with Crippen molar-refractivity contribution in [1.29, 1.82) is 0 Å². The van der Waals surface area contributed by atoms with Crippen LogP contribution in [0, 0.1) is 17.3 Å². The highest BCUT2D eigenvalue weighted by Gasteiger charge is 2.54. The number of fused-ring (bicyclic) bond motifs is 5. The van der Waals surface area contributed by atoms with Gasteiger partial charge in [-0.2, -0.15) is 0 Å². The van der Waals surface area contributed by atoms with E-state index in [1.165, 1.54) is 16.7 Å². The van der Waals surface area contributed by atoms with Crippen molar-refractivity contribution in [2.45, 2.75) is 77.6 Å². The fraction of sp³-hybridized carbons (Fsp3) is 0.536. The second-order valence-electron chi connectivity index (χ2n) is 11.2. The van der Waals surface area contributed by atoms with Crippen LogP contribution in [0.15, 0.2) is 36.4 Å². The number of carbonyl (C=O) groups is 1. The molecule has 2 nitrogen and oxygen atoms in total. The first kappa shape index (κ1) is 19.8. The molecule has 0 bridgehead atoms. The first-order valence-electron chi connectivity index (χ1n) is 11.7. The predicted molar refractivity (Wildman–Crippen MR) is 122 cm³/mol. The molecule has 0 aromatic heterocycles. The fourth-order valence-corrected chi connectivity index (χ4v) is 6.89. The van der Waals surface area contributed by atoms with Gasteiger partial charge in [-0.15, -0.1) is 0 Å². The van der Waals surface area contributed by atoms with Gasteiger partial charge in [-0.05, 0) is 83.6 Å². The second kappa shape index (κ2) is 6.70. The molecule has 0 spiro atoms. The van der Waals surface area contributed by atoms with E-state index in [0.717, 1.165) is 49.7 Å². The van der Waals surface area contributed by atoms with E-state index in [0.29, 0.717) is 29.3 Å². The molecule has 2 aromatic carbocycles. The highest BCUT2D eigenvalue weighted by Crippen LogP contribution is 2.60. The zero-order valence-corrected chi connectivity index (χ0v) is 18.8. The number of Topliss-reactive ketones (excluding diaryl/α,β-unsaturated/α-hetero) is 1. The number of phenols is 1. The first-order chi connectivity index (χ1) is 14.2. The third kappa shape index (κ3) is 2.87. The standard InChI is InChI=1S/C28H34O2/c1-27(2,3)18-7-5-17(6-8-18)26-22-10-9-21-20(19(22)11-13-24(26)29)15-16-28(4)23(21)12-14-25(28)30/h5-8,11,13,20-21,23,29H,9-10,12,14-16H2,1-4H3/t20-,21-,23+,28+/m1/s1. The van der Waals surface area contributed by atoms with Gasteiger partial charge >= 0.3 is 0 Å². The predicted octanol–water partition coefficient (Wildman–Crippen LogP) is 6.78. The van der Waals surface area contributed by atoms with Gasteiger partial charge in [0.25, 0.3) is 0 Å². The quantitative estimate of drug-likeness (QED) is 0.571. The van der Waals surface area contributed by atoms with E-state index in [-0.39, 0.29) is 10.8 Å². The van der Waals surface area contributed by atoms with Crippen LogP contribution in [0.3, 0.4) is 0 Å². The molecule has 3 aliphatic carbocycles. The maximum atomic E-state index is 12.6. The largest absolute Gasteiger partial charge is 0.507 e. The highest BCUT2D eigenvalue weighted by molar-refractivity contribution is 5.87. The number of phenolic OH excluding ortho intramolecular Hbond substituents is 1. The van der Waals surface area contributed by atoms with Gasteiger partial charge in [-0.1, -0.05) is 58.0 Å². The van der Waals surface area contributed by atoms with Crippen LogP contribution in [0.4, 0.5) is 0 Å². The number of benzene rings is 2. The zero-order chi connectivity index (χ0) is 21.3. The summed E-state index contributed by atoms with van der Waals surface area (Å²) in [6, 6.07) is 12.8. The monoisotopic (exact) mass is 402 g/mol. The maximum absolute atomic E-state index is 12.6. The SMILES string of the molecule is CC(C)(C)c1ccc(-c2c(O)ccc3c2CC[C@@H]2[C@@H]3CC[C@]3(C)C(=O)CC[C@@H]23)cc1. The molecule has 0 amide bonds. The minimum atomic E-state index is -0.0821. The molecule has 2 fully saturated rings. The van der Waals surface area contributed by atoms with Gasteiger partial charge < -0.3 is 5.11 Å². The Labute approximate surface area is 180 Å². The highest BCUT2D eigenvalue weighted by atomic mass is 16.3. The van der Waals surface area contributed by atoms with Crippen LogP contribution in [0.5, 0.6) is 5.75 Å². The van der Waals surface area contributed by atoms with Gasteiger partial charge in [0.05, 0.1) is 0 Å². The molecule has 2 aromatic rings. The van der Waals surface area contributed by atoms with Crippen molar-refractivity contribution < 1.29 is 9.90 Å². The number of hydrogen-bond acceptors (Lipinski definition) is 2. The Morgan fingerprint density at radius 1 is 0.967 bits per heavy atom. The van der Waals surface area contributed by atoms with Crippen LogP contribution in [0.25, 0.3) is 11.1 Å². The third-order valence-corrected chi connectivity index (χ3v) is 8.64. The summed E-state index contributed by atoms with van der Waals surface area (Å²) < 4.78 is 0. The maximum Gasteiger partial charge on any atom is 0.139 e. The van der Waals surface area contributed by atoms with Crippen molar-refractivity contribution in [2.75, 3.05) is 0 Å². The molecule has 30 heavy (non-hydrogen) atoms. The molecular formula is C28H34O2. The molecule has 2 heteroatoms. The van der Waals surface area contributed by atoms with Crippen LogP contribution in [-0.2, 0) is 16.6 Å². The lowest BCUT2D eigenvalue weighted by atomic mass is 9.55. The molecule has 4 atom stereocenters. The van der Waals surface area contributed by atoms with Crippen LogP contribution in [0.1, 0.15) is 82.4 Å². The van der Waals surface area contributed by atoms with Crippen molar-refractivity contribution in [3.63, 3.8) is 0 Å². The van der Waals surface area contributed by atoms with E-state index in [1.54, 1.807) is 0 Å². The van der Waals surface area contributed by atoms with Gasteiger partial charge in [0.15, 0.2) is 0 Å². The van der Waals surface area contributed by atoms with Crippen molar-refractivity contribution in [1.82, 2.24) is 0 Å². The Balaban J connectivity index is 1.54. The molecule has 0 aliphatic heterocycles. The molecule has 1 N–H and O–H groups in total. The lowest BCUT2D eigenvalue weighted by molar-refractivity contribution is -0.129. The summed E-state index contributed by atoms with van der Waals surface area (Å²) in [7, 11) is 0. The number of carbonyl (C=O) groups excluding carboxylic acids is 1. The zero-order valence-electron chi connectivity index (χ0n) is 18.8. The van der Waals surface area contributed by atoms with Crippen molar-refractivity contribution in [2.24, 2.45) is 17.3 Å². The number of aromatic hydroxyl groups is 1. The Morgan fingerprint density at radius 2 is 1.70 bits per heavy atom. The van der Waals surface area contributed by atoms with Crippen molar-refractivity contribution in [3.05, 3.63) is 53.1 Å². The minimum absolute atomic E-state index is 0.0821. The van der Waals surface area contributed by atoms with Crippen LogP contribution < -0.4 is 0 Å². The minimum Gasteiger partial charge on any atom is -0.507 e. The summed E-state index contributed by atoms with van der Waals surface area (Å²) >= 11 is 0. The van der Waals surface area contributed by atoms with Crippen molar-refractivity contribution >= 4 is 5.78 Å². The fourth-order valence-electron chi connectivity index (χ4n) is 6.89. The van der Waals surface area contributed by atoms with E-state index in [2.05, 4.69) is 58.0 Å². The molecule has 0 heterocycles. The number of hydrogen-bond donors (Lipinski definition) is 1. The third-order valence-electron chi connectivity index (χ3n) is 8.64. The summed E-state index contributed by atoms with van der Waals surface area (Å²) in [6.07, 6.45) is 6.12. The van der Waals surface area contributed by atoms with Crippen LogP contribution >= 0.6 is 0 Å². The Hall–Kier alpha value is -2.09. The second-order valence-corrected chi connectivity index (χ2v) is 11.2. The average Bonchev–Trinajstić information content (AvgIpc) is 3.02. The molecule has 3 aliphatic rings. The summed E-state index contributed by atoms with van der Waals surface area (Å²) in [4.78, 5) is 12.6. The first-order valence-corrected chi connectivity index (χ1v) is 11.7. The topological polar surface area (TPSA) is 37.3 Å². The van der Waals surface area contributed by atoms with Gasteiger partial charge in [-0.3, -0.25) is 4.79 Å². The molecule has 0 saturated heterocycles. The summed E-state index contributed by atoms with van der Waals surface area (Å²) in [5, 5.41) is 10.8. The van der Waals surface area contributed by atoms with Gasteiger partial charge in [0.2, 0.25) is 0 Å². The van der Waals surface area contributed by atoms with E-state index < -0.39 is 0 Å². The normalized spacial score (nSPS) is 30.5. The van der Waals surface area contributed by atoms with Gasteiger partial charge in [-0.25, -0.2) is 0 Å². The smallest absolute Gasteiger partial charge is 0.139 e. The van der Waals surface area contributed by atoms with Crippen molar-refractivity contribution in [3.8, 4) is 16.9 Å². The Bertz CT molecular complexity index is 995. The molecular weight excluding hydrogens is 368 g/mol. The number of rotatable bonds is 1. The van der Waals surface area contributed by atoms with E-state index in [4.69, 9.17) is 0 Å². The molecule has 2 saturated carbocycles. The Kier molecular flexibility index (Phi) is 4.44. The summed E-state index contributed by atoms with van der Waals surface area (Å²) in [5.74, 6) is 2.59. The molecule has 0 radical (unpaired) electrons. The van der Waals surface area contributed by atoms with Gasteiger partial charge in [0, 0.05) is 17.4 Å². The summed E-state index contributed by atoms with van der Waals surface area (Å²) in [6.45, 7) is 8.93. The lowest BCUT2D eigenvalue weighted by Crippen LogP contribution is -2.42. The lowest BCUT2D eigenvalue weighted by Gasteiger charge is -2.48. The van der Waals surface area contributed by atoms with Crippen LogP contribution in [0.2, 0.25) is 0 Å². The molecule has 0 unspecified atom stereocenters. The average molecular weight is 403 g/mol. The van der Waals surface area contributed by atoms with Gasteiger partial charge in [0.1, 0.15) is 11.5 Å². The van der Waals surface area contributed by atoms with Crippen LogP contribution in [-0.4, -0.2) is 10.9 Å². The van der Waals surface area contributed by atoms with E-state index >= 15 is 0 Å². The number of ketones is 1. The van der Waals surface area contributed by atoms with E-state index in [1.807, 2.05) is 6.07 Å².